The second-order valence-corrected chi connectivity index (χ2v) is 9.27. The van der Waals surface area contributed by atoms with Crippen LogP contribution in [-0.2, 0) is 16.6 Å². The lowest BCUT2D eigenvalue weighted by molar-refractivity contribution is 0.174. The van der Waals surface area contributed by atoms with Gasteiger partial charge in [0.1, 0.15) is 0 Å². The van der Waals surface area contributed by atoms with Crippen molar-refractivity contribution in [2.45, 2.75) is 32.1 Å². The zero-order valence-electron chi connectivity index (χ0n) is 14.5. The molecule has 0 radical (unpaired) electrons. The summed E-state index contributed by atoms with van der Waals surface area (Å²) < 4.78 is 36.7. The van der Waals surface area contributed by atoms with Crippen molar-refractivity contribution in [1.29, 1.82) is 0 Å². The van der Waals surface area contributed by atoms with Crippen LogP contribution in [0.15, 0.2) is 42.5 Å². The van der Waals surface area contributed by atoms with Crippen molar-refractivity contribution in [2.75, 3.05) is 16.8 Å². The number of rotatable bonds is 5. The van der Waals surface area contributed by atoms with Gasteiger partial charge in [0.25, 0.3) is 0 Å². The molecule has 1 aliphatic heterocycles. The van der Waals surface area contributed by atoms with Gasteiger partial charge in [-0.05, 0) is 50.6 Å². The van der Waals surface area contributed by atoms with Crippen molar-refractivity contribution in [3.63, 3.8) is 0 Å². The van der Waals surface area contributed by atoms with Crippen LogP contribution in [0.5, 0.6) is 11.5 Å². The number of sulfonamides is 1. The Bertz CT molecular complexity index is 856. The van der Waals surface area contributed by atoms with Gasteiger partial charge in [-0.1, -0.05) is 12.1 Å². The first kappa shape index (κ1) is 17.4. The van der Waals surface area contributed by atoms with Crippen molar-refractivity contribution in [1.82, 2.24) is 0 Å². The molecule has 0 atom stereocenters. The molecular formula is C18H22N2O4S. The van der Waals surface area contributed by atoms with E-state index in [2.05, 4.69) is 10.0 Å². The third-order valence-corrected chi connectivity index (χ3v) is 6.00. The SMILES string of the molecule is CC(C)(C)S(=O)(=O)Nc1ccc(CNc2ccc3c(c2)OCO3)cc1. The molecule has 0 saturated heterocycles. The molecule has 0 bridgehead atoms. The highest BCUT2D eigenvalue weighted by molar-refractivity contribution is 7.94. The minimum absolute atomic E-state index is 0.255. The van der Waals surface area contributed by atoms with Gasteiger partial charge in [0.05, 0.1) is 4.75 Å². The minimum atomic E-state index is -3.42. The highest BCUT2D eigenvalue weighted by Crippen LogP contribution is 2.34. The minimum Gasteiger partial charge on any atom is -0.454 e. The lowest BCUT2D eigenvalue weighted by atomic mass is 10.2. The predicted molar refractivity (Wildman–Crippen MR) is 98.6 cm³/mol. The zero-order valence-corrected chi connectivity index (χ0v) is 15.3. The fourth-order valence-electron chi connectivity index (χ4n) is 2.21. The highest BCUT2D eigenvalue weighted by Gasteiger charge is 2.28. The van der Waals surface area contributed by atoms with Crippen molar-refractivity contribution in [2.24, 2.45) is 0 Å². The van der Waals surface area contributed by atoms with E-state index < -0.39 is 14.8 Å². The average molecular weight is 362 g/mol. The van der Waals surface area contributed by atoms with Crippen LogP contribution in [-0.4, -0.2) is 20.0 Å². The van der Waals surface area contributed by atoms with Gasteiger partial charge in [-0.15, -0.1) is 0 Å². The summed E-state index contributed by atoms with van der Waals surface area (Å²) in [6, 6.07) is 13.0. The fourth-order valence-corrected chi connectivity index (χ4v) is 2.96. The quantitative estimate of drug-likeness (QED) is 0.850. The molecule has 0 unspecified atom stereocenters. The second-order valence-electron chi connectivity index (χ2n) is 6.84. The van der Waals surface area contributed by atoms with Crippen LogP contribution in [0.2, 0.25) is 0 Å². The lowest BCUT2D eigenvalue weighted by Gasteiger charge is -2.20. The zero-order chi connectivity index (χ0) is 18.1. The van der Waals surface area contributed by atoms with E-state index >= 15 is 0 Å². The molecule has 1 heterocycles. The van der Waals surface area contributed by atoms with Gasteiger partial charge < -0.3 is 14.8 Å². The number of benzene rings is 2. The Morgan fingerprint density at radius 1 is 0.960 bits per heavy atom. The smallest absolute Gasteiger partial charge is 0.237 e. The maximum Gasteiger partial charge on any atom is 0.237 e. The summed E-state index contributed by atoms with van der Waals surface area (Å²) >= 11 is 0. The molecule has 0 aliphatic carbocycles. The fraction of sp³-hybridized carbons (Fsp3) is 0.333. The van der Waals surface area contributed by atoms with E-state index in [1.807, 2.05) is 30.3 Å². The van der Waals surface area contributed by atoms with E-state index in [1.54, 1.807) is 32.9 Å². The number of hydrogen-bond donors (Lipinski definition) is 2. The molecule has 1 aliphatic rings. The molecular weight excluding hydrogens is 340 g/mol. The molecule has 0 amide bonds. The largest absolute Gasteiger partial charge is 0.454 e. The summed E-state index contributed by atoms with van der Waals surface area (Å²) in [5, 5.41) is 3.31. The summed E-state index contributed by atoms with van der Waals surface area (Å²) in [6.07, 6.45) is 0. The highest BCUT2D eigenvalue weighted by atomic mass is 32.2. The Morgan fingerprint density at radius 3 is 2.28 bits per heavy atom. The molecule has 25 heavy (non-hydrogen) atoms. The Balaban J connectivity index is 1.61. The summed E-state index contributed by atoms with van der Waals surface area (Å²) in [6.45, 7) is 5.87. The van der Waals surface area contributed by atoms with Crippen LogP contribution in [0.4, 0.5) is 11.4 Å². The Morgan fingerprint density at radius 2 is 1.60 bits per heavy atom. The van der Waals surface area contributed by atoms with Gasteiger partial charge in [0, 0.05) is 24.0 Å². The van der Waals surface area contributed by atoms with Crippen LogP contribution in [0.3, 0.4) is 0 Å². The predicted octanol–water partition coefficient (Wildman–Crippen LogP) is 3.57. The number of ether oxygens (including phenoxy) is 2. The van der Waals surface area contributed by atoms with E-state index in [1.165, 1.54) is 0 Å². The molecule has 0 fully saturated rings. The number of fused-ring (bicyclic) bond motifs is 1. The van der Waals surface area contributed by atoms with E-state index in [9.17, 15) is 8.42 Å². The Hall–Kier alpha value is -2.41. The van der Waals surface area contributed by atoms with Gasteiger partial charge in [-0.3, -0.25) is 4.72 Å². The van der Waals surface area contributed by atoms with Gasteiger partial charge in [-0.25, -0.2) is 8.42 Å². The maximum absolute atomic E-state index is 12.2. The van der Waals surface area contributed by atoms with Gasteiger partial charge in [-0.2, -0.15) is 0 Å². The van der Waals surface area contributed by atoms with Crippen molar-refractivity contribution < 1.29 is 17.9 Å². The van der Waals surface area contributed by atoms with E-state index in [0.717, 1.165) is 22.7 Å². The topological polar surface area (TPSA) is 76.7 Å². The first-order chi connectivity index (χ1) is 11.7. The molecule has 2 aromatic rings. The van der Waals surface area contributed by atoms with Crippen LogP contribution in [0, 0.1) is 0 Å². The molecule has 0 aromatic heterocycles. The van der Waals surface area contributed by atoms with E-state index in [4.69, 9.17) is 9.47 Å². The van der Waals surface area contributed by atoms with Crippen molar-refractivity contribution in [3.8, 4) is 11.5 Å². The van der Waals surface area contributed by atoms with Crippen LogP contribution in [0.1, 0.15) is 26.3 Å². The first-order valence-corrected chi connectivity index (χ1v) is 9.48. The number of anilines is 2. The van der Waals surface area contributed by atoms with Crippen molar-refractivity contribution >= 4 is 21.4 Å². The standard InChI is InChI=1S/C18H22N2O4S/c1-18(2,3)25(21,22)20-14-6-4-13(5-7-14)11-19-15-8-9-16-17(10-15)24-12-23-16/h4-10,19-20H,11-12H2,1-3H3. The van der Waals surface area contributed by atoms with Crippen molar-refractivity contribution in [3.05, 3.63) is 48.0 Å². The molecule has 6 nitrogen and oxygen atoms in total. The summed E-state index contributed by atoms with van der Waals surface area (Å²) in [5.74, 6) is 1.48. The molecule has 134 valence electrons. The molecule has 2 aromatic carbocycles. The third kappa shape index (κ3) is 3.99. The Kier molecular flexibility index (Phi) is 4.51. The Labute approximate surface area is 148 Å². The van der Waals surface area contributed by atoms with Crippen LogP contribution >= 0.6 is 0 Å². The van der Waals surface area contributed by atoms with Gasteiger partial charge >= 0.3 is 0 Å². The monoisotopic (exact) mass is 362 g/mol. The molecule has 3 rings (SSSR count). The lowest BCUT2D eigenvalue weighted by Crippen LogP contribution is -2.33. The van der Waals surface area contributed by atoms with Crippen LogP contribution < -0.4 is 19.5 Å². The molecule has 0 spiro atoms. The molecule has 0 saturated carbocycles. The van der Waals surface area contributed by atoms with Gasteiger partial charge in [0.2, 0.25) is 16.8 Å². The average Bonchev–Trinajstić information content (AvgIpc) is 3.00. The van der Waals surface area contributed by atoms with E-state index in [0.29, 0.717) is 12.2 Å². The van der Waals surface area contributed by atoms with Crippen LogP contribution in [0.25, 0.3) is 0 Å². The first-order valence-electron chi connectivity index (χ1n) is 7.99. The number of hydrogen-bond acceptors (Lipinski definition) is 5. The molecule has 2 N–H and O–H groups in total. The second kappa shape index (κ2) is 6.48. The van der Waals surface area contributed by atoms with Gasteiger partial charge in [0.15, 0.2) is 11.5 Å². The summed E-state index contributed by atoms with van der Waals surface area (Å²) in [7, 11) is -3.42. The summed E-state index contributed by atoms with van der Waals surface area (Å²) in [5.41, 5.74) is 2.53. The number of nitrogens with one attached hydrogen (secondary N) is 2. The van der Waals surface area contributed by atoms with E-state index in [-0.39, 0.29) is 6.79 Å². The maximum atomic E-state index is 12.2. The summed E-state index contributed by atoms with van der Waals surface area (Å²) in [4.78, 5) is 0. The molecule has 7 heteroatoms. The normalized spacial score (nSPS) is 13.6. The third-order valence-electron chi connectivity index (χ3n) is 3.88.